The Balaban J connectivity index is 0.000000177. The molecule has 6 heterocycles. The van der Waals surface area contributed by atoms with Crippen LogP contribution in [0.5, 0.6) is 23.0 Å². The molecule has 5 atom stereocenters. The average molecular weight is 1720 g/mol. The second-order valence-electron chi connectivity index (χ2n) is 26.1. The zero-order valence-corrected chi connectivity index (χ0v) is 66.8. The molecule has 6 aromatic carbocycles. The lowest BCUT2D eigenvalue weighted by Crippen LogP contribution is -2.43. The first kappa shape index (κ1) is 89.5. The van der Waals surface area contributed by atoms with E-state index in [0.29, 0.717) is 89.9 Å². The van der Waals surface area contributed by atoms with Crippen LogP contribution in [0.15, 0.2) is 144 Å². The van der Waals surface area contributed by atoms with Gasteiger partial charge in [0.2, 0.25) is 26.0 Å². The number of esters is 4. The van der Waals surface area contributed by atoms with Crippen molar-refractivity contribution < 1.29 is 99.7 Å². The number of benzene rings is 6. The number of aryl methyl sites for hydroxylation is 1. The summed E-state index contributed by atoms with van der Waals surface area (Å²) in [5, 5.41) is 5.53. The number of sulfonamides is 3. The van der Waals surface area contributed by atoms with Crippen molar-refractivity contribution in [3.63, 3.8) is 0 Å². The fourth-order valence-electron chi connectivity index (χ4n) is 12.0. The summed E-state index contributed by atoms with van der Waals surface area (Å²) in [5.74, 6) is -7.50. The van der Waals surface area contributed by atoms with Gasteiger partial charge in [-0.15, -0.1) is 0 Å². The number of methoxy groups -OCH3 is 1. The van der Waals surface area contributed by atoms with E-state index in [4.69, 9.17) is 77.0 Å². The maximum Gasteiger partial charge on any atom is 0.409 e. The maximum atomic E-state index is 13.5. The van der Waals surface area contributed by atoms with Gasteiger partial charge in [-0.2, -0.15) is 8.61 Å². The van der Waals surface area contributed by atoms with Crippen molar-refractivity contribution in [3.8, 4) is 23.0 Å². The Kier molecular flexibility index (Phi) is 33.4. The molecule has 0 bridgehead atoms. The van der Waals surface area contributed by atoms with Gasteiger partial charge in [-0.05, 0) is 157 Å². The summed E-state index contributed by atoms with van der Waals surface area (Å²) in [6.07, 6.45) is 8.73. The Hall–Kier alpha value is -8.06. The summed E-state index contributed by atoms with van der Waals surface area (Å²) >= 11 is 27.9. The van der Waals surface area contributed by atoms with Gasteiger partial charge in [0.15, 0.2) is 5.03 Å². The zero-order valence-electron chi connectivity index (χ0n) is 60.6. The highest BCUT2D eigenvalue weighted by molar-refractivity contribution is 7.89. The van der Waals surface area contributed by atoms with Gasteiger partial charge in [0, 0.05) is 102 Å². The number of hydrogen-bond acceptors (Lipinski definition) is 19. The minimum Gasteiger partial charge on any atom is -0.453 e. The Labute approximate surface area is 669 Å². The molecule has 5 aliphatic heterocycles. The topological polar surface area (TPSA) is 306 Å². The van der Waals surface area contributed by atoms with Crippen LogP contribution in [0.3, 0.4) is 0 Å². The van der Waals surface area contributed by atoms with E-state index in [1.54, 1.807) is 32.2 Å². The summed E-state index contributed by atoms with van der Waals surface area (Å²) in [6.45, 7) is 5.18. The van der Waals surface area contributed by atoms with Crippen molar-refractivity contribution in [2.24, 2.45) is 36.6 Å². The van der Waals surface area contributed by atoms with Gasteiger partial charge in [-0.3, -0.25) is 24.0 Å². The van der Waals surface area contributed by atoms with Crippen molar-refractivity contribution >= 4 is 130 Å². The first-order valence-corrected chi connectivity index (χ1v) is 41.5. The number of amides is 2. The number of nitrogens with zero attached hydrogens (tertiary/aromatic N) is 6. The minimum absolute atomic E-state index is 0.00234. The summed E-state index contributed by atoms with van der Waals surface area (Å²) < 4.78 is 172. The smallest absolute Gasteiger partial charge is 0.409 e. The van der Waals surface area contributed by atoms with E-state index < -0.39 is 101 Å². The molecular weight excluding hydrogens is 1640 g/mol. The number of halogens is 10. The number of anilines is 1. The van der Waals surface area contributed by atoms with Gasteiger partial charge in [0.1, 0.15) is 52.1 Å². The molecular formula is C74H80Cl5F5N8O17S3. The number of piperidine rings is 5. The monoisotopic (exact) mass is 1720 g/mol. The Morgan fingerprint density at radius 1 is 0.491 bits per heavy atom. The Morgan fingerprint density at radius 3 is 1.29 bits per heavy atom. The third-order valence-corrected chi connectivity index (χ3v) is 25.1. The van der Waals surface area contributed by atoms with Gasteiger partial charge >= 0.3 is 30.0 Å². The van der Waals surface area contributed by atoms with E-state index in [1.165, 1.54) is 121 Å². The molecule has 5 aliphatic rings. The van der Waals surface area contributed by atoms with Crippen LogP contribution >= 0.6 is 58.0 Å². The number of carbonyl (C=O) groups is 6. The standard InChI is InChI=1S/C18H17ClFNO4S.C16H17ClFN3O4S.C14H16ClFN2O3.C14H17ClFNO4S.C12H13ClFNO2/c19-16-9-8-14(11-17(16)20)25-18(22)13-5-4-10-21(12-13)26(23,24)15-6-2-1-3-7-15;1-20-9-15(19-10-20)26(23,24)21-6-2-3-11(8-21)16(22)25-12-4-5-13(17)14(18)7-12;1-21-14(20)18-6-2-3-9(8-18)13(19)17-10-4-5-11(15)12(16)7-10;1-2-22(19,20)17-7-3-4-10(9-17)14(18)21-11-5-6-12(15)13(16)8-11;13-10-4-3-9(6-11(10)14)17-12(16)8-2-1-5-15-7-8/h1-3,6-9,11,13H,4-5,10,12H2;4-5,7,9-11H,2-3,6,8H2,1H3;4-5,7,9H,2-3,6,8H2,1H3,(H,17,19);5-6,8,10H,2-4,7,9H2,1H3;3-4,6,8,15H,1-2,5,7H2/t13-;11-;9-;10-;8-/m00000/s1. The first-order chi connectivity index (χ1) is 53.1. The van der Waals surface area contributed by atoms with Gasteiger partial charge < -0.3 is 43.8 Å². The number of rotatable bonds is 16. The molecule has 2 amide bonds. The largest absolute Gasteiger partial charge is 0.453 e. The van der Waals surface area contributed by atoms with E-state index in [2.05, 4.69) is 20.4 Å². The minimum atomic E-state index is -3.78. The van der Waals surface area contributed by atoms with E-state index in [-0.39, 0.29) is 107 Å². The number of hydrogen-bond donors (Lipinski definition) is 2. The van der Waals surface area contributed by atoms with Gasteiger partial charge in [-0.25, -0.2) is 61.3 Å². The van der Waals surface area contributed by atoms with E-state index >= 15 is 0 Å². The molecule has 606 valence electrons. The summed E-state index contributed by atoms with van der Waals surface area (Å²) in [7, 11) is -7.78. The summed E-state index contributed by atoms with van der Waals surface area (Å²) in [5.41, 5.74) is 0.345. The predicted molar refractivity (Wildman–Crippen MR) is 407 cm³/mol. The highest BCUT2D eigenvalue weighted by Gasteiger charge is 2.38. The fraction of sp³-hybridized carbons (Fsp3) is 0.392. The SMILES string of the molecule is CCS(=O)(=O)N1CCC[C@H](C(=O)Oc2ccc(Cl)c(F)c2)C1.COC(=O)N1CCC[C@H](C(=O)Nc2ccc(Cl)c(F)c2)C1.Cn1cnc(S(=O)(=O)N2CCC[C@H](C(=O)Oc3ccc(Cl)c(F)c3)C2)c1.O=C(Oc1ccc(Cl)c(F)c1)[C@H]1CCCN(S(=O)(=O)c2ccccc2)C1.O=C(Oc1ccc(Cl)c(F)c1)[C@H]1CCCNC1. The summed E-state index contributed by atoms with van der Waals surface area (Å²) in [6, 6.07) is 27.3. The molecule has 0 saturated carbocycles. The molecule has 25 nitrogen and oxygen atoms in total. The predicted octanol–water partition coefficient (Wildman–Crippen LogP) is 13.4. The van der Waals surface area contributed by atoms with Crippen LogP contribution in [-0.4, -0.2) is 167 Å². The number of aromatic nitrogens is 2. The highest BCUT2D eigenvalue weighted by atomic mass is 35.5. The third kappa shape index (κ3) is 25.7. The second kappa shape index (κ2) is 41.8. The quantitative estimate of drug-likeness (QED) is 0.0516. The molecule has 0 unspecified atom stereocenters. The van der Waals surface area contributed by atoms with E-state index in [9.17, 15) is 76.0 Å². The molecule has 1 aromatic heterocycles. The number of likely N-dealkylation sites (tertiary alicyclic amines) is 1. The molecule has 12 rings (SSSR count). The normalized spacial score (nSPS) is 19.0. The molecule has 2 N–H and O–H groups in total. The number of imidazole rings is 1. The number of nitrogens with one attached hydrogen (secondary N) is 2. The number of ether oxygens (including phenoxy) is 5. The third-order valence-electron chi connectivity index (χ3n) is 18.1. The average Bonchev–Trinajstić information content (AvgIpc) is 1.26. The van der Waals surface area contributed by atoms with Crippen molar-refractivity contribution in [1.29, 1.82) is 0 Å². The van der Waals surface area contributed by atoms with Gasteiger partial charge in [-0.1, -0.05) is 76.2 Å². The molecule has 0 spiro atoms. The lowest BCUT2D eigenvalue weighted by Gasteiger charge is -2.30. The van der Waals surface area contributed by atoms with E-state index in [1.807, 2.05) is 0 Å². The van der Waals surface area contributed by atoms with E-state index in [0.717, 1.165) is 50.1 Å². The van der Waals surface area contributed by atoms with Crippen LogP contribution in [0.4, 0.5) is 32.4 Å². The molecule has 7 aromatic rings. The second-order valence-corrected chi connectivity index (χ2v) is 34.2. The number of carbonyl (C=O) groups excluding carboxylic acids is 6. The van der Waals surface area contributed by atoms with Crippen LogP contribution in [0.2, 0.25) is 25.1 Å². The Bertz CT molecular complexity index is 4830. The van der Waals surface area contributed by atoms with Crippen LogP contribution in [0.25, 0.3) is 0 Å². The van der Waals surface area contributed by atoms with Crippen LogP contribution in [-0.2, 0) is 65.8 Å². The van der Waals surface area contributed by atoms with Crippen molar-refractivity contribution in [1.82, 2.24) is 32.7 Å². The molecule has 0 radical (unpaired) electrons. The zero-order chi connectivity index (χ0) is 81.6. The van der Waals surface area contributed by atoms with Crippen molar-refractivity contribution in [3.05, 3.63) is 188 Å². The van der Waals surface area contributed by atoms with Crippen molar-refractivity contribution in [2.75, 3.05) is 83.6 Å². The fourth-order valence-corrected chi connectivity index (χ4v) is 16.8. The molecule has 0 aliphatic carbocycles. The van der Waals surface area contributed by atoms with Gasteiger partial charge in [0.05, 0.1) is 78.8 Å². The van der Waals surface area contributed by atoms with Crippen LogP contribution in [0, 0.1) is 58.7 Å². The first-order valence-electron chi connectivity index (χ1n) is 35.1. The lowest BCUT2D eigenvalue weighted by molar-refractivity contribution is -0.141. The molecule has 112 heavy (non-hydrogen) atoms. The summed E-state index contributed by atoms with van der Waals surface area (Å²) in [4.78, 5) is 77.8. The molecule has 5 saturated heterocycles. The molecule has 38 heteroatoms. The molecule has 5 fully saturated rings. The van der Waals surface area contributed by atoms with Crippen LogP contribution < -0.4 is 29.6 Å². The Morgan fingerprint density at radius 2 is 0.884 bits per heavy atom. The highest BCUT2D eigenvalue weighted by Crippen LogP contribution is 2.32. The maximum absolute atomic E-state index is 13.5. The van der Waals surface area contributed by atoms with Crippen molar-refractivity contribution in [2.45, 2.75) is 81.1 Å². The van der Waals surface area contributed by atoms with Gasteiger partial charge in [0.25, 0.3) is 10.0 Å². The van der Waals surface area contributed by atoms with Crippen LogP contribution in [0.1, 0.15) is 71.1 Å². The lowest BCUT2D eigenvalue weighted by atomic mass is 9.97.